The summed E-state index contributed by atoms with van der Waals surface area (Å²) in [5.74, 6) is 0.582. The number of rotatable bonds is 5. The Morgan fingerprint density at radius 3 is 2.58 bits per heavy atom. The first-order valence-electron chi connectivity index (χ1n) is 6.38. The van der Waals surface area contributed by atoms with Crippen molar-refractivity contribution in [3.63, 3.8) is 0 Å². The summed E-state index contributed by atoms with van der Waals surface area (Å²) in [6.07, 6.45) is 0. The average Bonchev–Trinajstić information content (AvgIpc) is 2.45. The summed E-state index contributed by atoms with van der Waals surface area (Å²) >= 11 is 0. The molecule has 2 aromatic rings. The molecule has 3 heteroatoms. The third-order valence-corrected chi connectivity index (χ3v) is 3.04. The monoisotopic (exact) mass is 259 g/mol. The lowest BCUT2D eigenvalue weighted by atomic mass is 9.99. The minimum absolute atomic E-state index is 0.203. The van der Waals surface area contributed by atoms with E-state index < -0.39 is 0 Å². The van der Waals surface area contributed by atoms with E-state index in [-0.39, 0.29) is 5.82 Å². The molecule has 19 heavy (non-hydrogen) atoms. The maximum atomic E-state index is 13.9. The minimum atomic E-state index is -0.203. The fraction of sp³-hybridized carbons (Fsp3) is 0.250. The molecule has 1 N–H and O–H groups in total. The molecule has 0 fully saturated rings. The van der Waals surface area contributed by atoms with Crippen LogP contribution >= 0.6 is 0 Å². The van der Waals surface area contributed by atoms with Crippen LogP contribution in [0.4, 0.5) is 4.39 Å². The van der Waals surface area contributed by atoms with Crippen molar-refractivity contribution in [3.05, 3.63) is 53.8 Å². The number of benzene rings is 2. The van der Waals surface area contributed by atoms with Crippen molar-refractivity contribution in [2.24, 2.45) is 0 Å². The first-order chi connectivity index (χ1) is 9.26. The number of ether oxygens (including phenoxy) is 1. The van der Waals surface area contributed by atoms with Crippen LogP contribution in [0.1, 0.15) is 12.5 Å². The van der Waals surface area contributed by atoms with Gasteiger partial charge in [0.15, 0.2) is 0 Å². The van der Waals surface area contributed by atoms with Crippen molar-refractivity contribution in [2.75, 3.05) is 13.7 Å². The smallest absolute Gasteiger partial charge is 0.131 e. The van der Waals surface area contributed by atoms with E-state index in [0.717, 1.165) is 23.4 Å². The van der Waals surface area contributed by atoms with Crippen LogP contribution in [0.25, 0.3) is 11.1 Å². The van der Waals surface area contributed by atoms with E-state index in [1.807, 2.05) is 31.2 Å². The van der Waals surface area contributed by atoms with E-state index in [1.165, 1.54) is 6.07 Å². The lowest BCUT2D eigenvalue weighted by molar-refractivity contribution is 0.414. The molecule has 0 saturated heterocycles. The van der Waals surface area contributed by atoms with Gasteiger partial charge < -0.3 is 10.1 Å². The number of hydrogen-bond acceptors (Lipinski definition) is 2. The number of methoxy groups -OCH3 is 1. The van der Waals surface area contributed by atoms with Crippen molar-refractivity contribution in [1.29, 1.82) is 0 Å². The molecular weight excluding hydrogens is 241 g/mol. The van der Waals surface area contributed by atoms with Gasteiger partial charge in [-0.05, 0) is 35.9 Å². The summed E-state index contributed by atoms with van der Waals surface area (Å²) in [7, 11) is 1.63. The highest BCUT2D eigenvalue weighted by atomic mass is 19.1. The van der Waals surface area contributed by atoms with Crippen LogP contribution in [0, 0.1) is 5.82 Å². The highest BCUT2D eigenvalue weighted by Gasteiger charge is 2.10. The summed E-state index contributed by atoms with van der Waals surface area (Å²) in [4.78, 5) is 0. The Morgan fingerprint density at radius 1 is 1.11 bits per heavy atom. The van der Waals surface area contributed by atoms with Crippen LogP contribution < -0.4 is 10.1 Å². The van der Waals surface area contributed by atoms with E-state index in [4.69, 9.17) is 4.74 Å². The maximum absolute atomic E-state index is 13.9. The maximum Gasteiger partial charge on any atom is 0.131 e. The van der Waals surface area contributed by atoms with Crippen LogP contribution in [-0.4, -0.2) is 13.7 Å². The Morgan fingerprint density at radius 2 is 1.89 bits per heavy atom. The second-order valence-electron chi connectivity index (χ2n) is 4.28. The summed E-state index contributed by atoms with van der Waals surface area (Å²) in [6, 6.07) is 12.5. The molecule has 0 aliphatic heterocycles. The van der Waals surface area contributed by atoms with Gasteiger partial charge in [0.2, 0.25) is 0 Å². The van der Waals surface area contributed by atoms with Crippen molar-refractivity contribution in [2.45, 2.75) is 13.5 Å². The highest BCUT2D eigenvalue weighted by molar-refractivity contribution is 5.69. The quantitative estimate of drug-likeness (QED) is 0.885. The van der Waals surface area contributed by atoms with Gasteiger partial charge in [-0.2, -0.15) is 0 Å². The van der Waals surface area contributed by atoms with E-state index >= 15 is 0 Å². The van der Waals surface area contributed by atoms with Gasteiger partial charge in [0, 0.05) is 12.1 Å². The lowest BCUT2D eigenvalue weighted by Gasteiger charge is -2.12. The zero-order valence-electron chi connectivity index (χ0n) is 11.2. The molecule has 2 aromatic carbocycles. The Kier molecular flexibility index (Phi) is 4.53. The van der Waals surface area contributed by atoms with Crippen molar-refractivity contribution in [1.82, 2.24) is 5.32 Å². The van der Waals surface area contributed by atoms with E-state index in [0.29, 0.717) is 12.1 Å². The Hall–Kier alpha value is -1.87. The summed E-state index contributed by atoms with van der Waals surface area (Å²) in [5.41, 5.74) is 2.56. The molecule has 0 bridgehead atoms. The van der Waals surface area contributed by atoms with Gasteiger partial charge in [-0.15, -0.1) is 0 Å². The second-order valence-corrected chi connectivity index (χ2v) is 4.28. The topological polar surface area (TPSA) is 21.3 Å². The van der Waals surface area contributed by atoms with Crippen molar-refractivity contribution >= 4 is 0 Å². The van der Waals surface area contributed by atoms with Crippen LogP contribution in [-0.2, 0) is 6.54 Å². The van der Waals surface area contributed by atoms with E-state index in [9.17, 15) is 4.39 Å². The number of halogens is 1. The molecule has 0 aromatic heterocycles. The van der Waals surface area contributed by atoms with Gasteiger partial charge in [0.25, 0.3) is 0 Å². The fourth-order valence-corrected chi connectivity index (χ4v) is 2.05. The molecule has 2 rings (SSSR count). The first kappa shape index (κ1) is 13.6. The largest absolute Gasteiger partial charge is 0.497 e. The van der Waals surface area contributed by atoms with Crippen LogP contribution in [0.2, 0.25) is 0 Å². The van der Waals surface area contributed by atoms with Crippen molar-refractivity contribution < 1.29 is 9.13 Å². The molecule has 0 aliphatic rings. The van der Waals surface area contributed by atoms with Gasteiger partial charge in [-0.1, -0.05) is 31.2 Å². The predicted octanol–water partition coefficient (Wildman–Crippen LogP) is 3.61. The molecule has 2 nitrogen and oxygen atoms in total. The first-order valence-corrected chi connectivity index (χ1v) is 6.38. The normalized spacial score (nSPS) is 10.5. The zero-order chi connectivity index (χ0) is 13.7. The molecular formula is C16H18FNO. The Labute approximate surface area is 113 Å². The SMILES string of the molecule is CCNCc1cc(OC)ccc1-c1ccccc1F. The van der Waals surface area contributed by atoms with Crippen LogP contribution in [0.15, 0.2) is 42.5 Å². The van der Waals surface area contributed by atoms with Crippen molar-refractivity contribution in [3.8, 4) is 16.9 Å². The summed E-state index contributed by atoms with van der Waals surface area (Å²) in [5, 5.41) is 3.27. The third kappa shape index (κ3) is 3.12. The number of hydrogen-bond donors (Lipinski definition) is 1. The molecule has 100 valence electrons. The number of nitrogens with one attached hydrogen (secondary N) is 1. The molecule has 0 unspecified atom stereocenters. The second kappa shape index (κ2) is 6.34. The van der Waals surface area contributed by atoms with Gasteiger partial charge >= 0.3 is 0 Å². The van der Waals surface area contributed by atoms with Gasteiger partial charge in [0.1, 0.15) is 11.6 Å². The highest BCUT2D eigenvalue weighted by Crippen LogP contribution is 2.29. The molecule has 0 heterocycles. The average molecular weight is 259 g/mol. The van der Waals surface area contributed by atoms with Gasteiger partial charge in [0.05, 0.1) is 7.11 Å². The zero-order valence-corrected chi connectivity index (χ0v) is 11.2. The van der Waals surface area contributed by atoms with Gasteiger partial charge in [-0.3, -0.25) is 0 Å². The molecule has 0 amide bonds. The molecule has 0 aliphatic carbocycles. The molecule has 0 saturated carbocycles. The molecule has 0 radical (unpaired) electrons. The molecule has 0 spiro atoms. The summed E-state index contributed by atoms with van der Waals surface area (Å²) in [6.45, 7) is 3.61. The fourth-order valence-electron chi connectivity index (χ4n) is 2.05. The van der Waals surface area contributed by atoms with Crippen LogP contribution in [0.5, 0.6) is 5.75 Å². The summed E-state index contributed by atoms with van der Waals surface area (Å²) < 4.78 is 19.1. The molecule has 0 atom stereocenters. The van der Waals surface area contributed by atoms with E-state index in [1.54, 1.807) is 19.2 Å². The third-order valence-electron chi connectivity index (χ3n) is 3.04. The Balaban J connectivity index is 2.46. The van der Waals surface area contributed by atoms with Gasteiger partial charge in [-0.25, -0.2) is 4.39 Å². The standard InChI is InChI=1S/C16H18FNO/c1-3-18-11-12-10-13(19-2)8-9-14(12)15-6-4-5-7-16(15)17/h4-10,18H,3,11H2,1-2H3. The lowest BCUT2D eigenvalue weighted by Crippen LogP contribution is -2.12. The predicted molar refractivity (Wildman–Crippen MR) is 75.8 cm³/mol. The van der Waals surface area contributed by atoms with Crippen LogP contribution in [0.3, 0.4) is 0 Å². The van der Waals surface area contributed by atoms with E-state index in [2.05, 4.69) is 5.32 Å². The Bertz CT molecular complexity index is 554. The minimum Gasteiger partial charge on any atom is -0.497 e.